The van der Waals surface area contributed by atoms with Gasteiger partial charge in [-0.2, -0.15) is 0 Å². The van der Waals surface area contributed by atoms with Crippen molar-refractivity contribution >= 4 is 40.2 Å². The first-order chi connectivity index (χ1) is 15.8. The highest BCUT2D eigenvalue weighted by Crippen LogP contribution is 2.33. The third-order valence-corrected chi connectivity index (χ3v) is 5.91. The van der Waals surface area contributed by atoms with E-state index in [-0.39, 0.29) is 11.5 Å². The predicted molar refractivity (Wildman–Crippen MR) is 137 cm³/mol. The number of aliphatic imine (C=N–C) groups is 1. The van der Waals surface area contributed by atoms with Gasteiger partial charge in [-0.25, -0.2) is 4.98 Å². The fourth-order valence-electron chi connectivity index (χ4n) is 3.94. The Morgan fingerprint density at radius 1 is 1.21 bits per heavy atom. The van der Waals surface area contributed by atoms with Crippen molar-refractivity contribution in [1.29, 1.82) is 0 Å². The standard InChI is InChI=1S/C26H25ClN4O2/c1-14-10-19(16(3)31-22-6-5-9-30-26(22)27)25-20(11-14)23(32)15(2)24(33-25)17-7-8-21(28)18(12-17)13-29-4/h5-13,16,31H,28H2,1-4H3. The molecule has 0 aliphatic heterocycles. The maximum atomic E-state index is 13.4. The van der Waals surface area contributed by atoms with Crippen LogP contribution in [0.2, 0.25) is 5.15 Å². The van der Waals surface area contributed by atoms with E-state index < -0.39 is 0 Å². The number of nitrogens with one attached hydrogen (secondary N) is 1. The minimum absolute atomic E-state index is 0.0645. The van der Waals surface area contributed by atoms with Crippen LogP contribution in [0.5, 0.6) is 0 Å². The number of nitrogens with two attached hydrogens (primary N) is 1. The smallest absolute Gasteiger partial charge is 0.196 e. The Balaban J connectivity index is 1.91. The van der Waals surface area contributed by atoms with Gasteiger partial charge in [0.15, 0.2) is 10.6 Å². The van der Waals surface area contributed by atoms with Gasteiger partial charge >= 0.3 is 0 Å². The number of nitrogen functional groups attached to an aromatic ring is 1. The Morgan fingerprint density at radius 3 is 2.73 bits per heavy atom. The van der Waals surface area contributed by atoms with Crippen LogP contribution in [0.15, 0.2) is 62.9 Å². The topological polar surface area (TPSA) is 93.5 Å². The van der Waals surface area contributed by atoms with Gasteiger partial charge in [0.2, 0.25) is 0 Å². The molecule has 0 aliphatic rings. The lowest BCUT2D eigenvalue weighted by atomic mass is 9.98. The van der Waals surface area contributed by atoms with E-state index in [1.165, 1.54) is 0 Å². The molecule has 0 saturated carbocycles. The number of nitrogens with zero attached hydrogens (tertiary/aromatic N) is 2. The molecule has 1 unspecified atom stereocenters. The van der Waals surface area contributed by atoms with E-state index in [0.717, 1.165) is 22.3 Å². The lowest BCUT2D eigenvalue weighted by Crippen LogP contribution is -2.12. The second kappa shape index (κ2) is 9.08. The Bertz CT molecular complexity index is 1440. The van der Waals surface area contributed by atoms with E-state index >= 15 is 0 Å². The molecule has 0 fully saturated rings. The summed E-state index contributed by atoms with van der Waals surface area (Å²) in [7, 11) is 1.69. The molecule has 6 nitrogen and oxygen atoms in total. The van der Waals surface area contributed by atoms with Crippen molar-refractivity contribution in [3.63, 3.8) is 0 Å². The molecule has 2 heterocycles. The zero-order valence-corrected chi connectivity index (χ0v) is 19.7. The molecular formula is C26H25ClN4O2. The van der Waals surface area contributed by atoms with Crippen LogP contribution in [0.25, 0.3) is 22.3 Å². The minimum atomic E-state index is -0.193. The highest BCUT2D eigenvalue weighted by Gasteiger charge is 2.20. The molecule has 0 bridgehead atoms. The van der Waals surface area contributed by atoms with E-state index in [2.05, 4.69) is 15.3 Å². The number of fused-ring (bicyclic) bond motifs is 1. The van der Waals surface area contributed by atoms with Crippen molar-refractivity contribution in [3.8, 4) is 11.3 Å². The van der Waals surface area contributed by atoms with Crippen LogP contribution in [-0.4, -0.2) is 18.2 Å². The molecule has 2 aromatic heterocycles. The first kappa shape index (κ1) is 22.6. The first-order valence-corrected chi connectivity index (χ1v) is 10.9. The van der Waals surface area contributed by atoms with Crippen LogP contribution in [0.1, 0.15) is 35.2 Å². The van der Waals surface area contributed by atoms with Gasteiger partial charge in [0.05, 0.1) is 17.1 Å². The fourth-order valence-corrected chi connectivity index (χ4v) is 4.11. The van der Waals surface area contributed by atoms with Gasteiger partial charge in [0.1, 0.15) is 11.3 Å². The van der Waals surface area contributed by atoms with Crippen LogP contribution in [0, 0.1) is 13.8 Å². The largest absolute Gasteiger partial charge is 0.455 e. The SMILES string of the molecule is CN=Cc1cc(-c2oc3c(C(C)Nc4cccnc4Cl)cc(C)cc3c(=O)c2C)ccc1N. The summed E-state index contributed by atoms with van der Waals surface area (Å²) in [4.78, 5) is 21.6. The van der Waals surface area contributed by atoms with E-state index in [4.69, 9.17) is 21.8 Å². The molecule has 3 N–H and O–H groups in total. The number of anilines is 2. The summed E-state index contributed by atoms with van der Waals surface area (Å²) < 4.78 is 6.43. The van der Waals surface area contributed by atoms with Crippen LogP contribution in [-0.2, 0) is 0 Å². The van der Waals surface area contributed by atoms with Gasteiger partial charge in [-0.1, -0.05) is 17.7 Å². The maximum absolute atomic E-state index is 13.4. The quantitative estimate of drug-likeness (QED) is 0.219. The monoisotopic (exact) mass is 460 g/mol. The normalized spacial score (nSPS) is 12.4. The van der Waals surface area contributed by atoms with Gasteiger partial charge in [0.25, 0.3) is 0 Å². The maximum Gasteiger partial charge on any atom is 0.196 e. The average Bonchev–Trinajstić information content (AvgIpc) is 2.79. The molecule has 0 spiro atoms. The molecule has 0 aliphatic carbocycles. The Kier molecular flexibility index (Phi) is 6.20. The molecule has 1 atom stereocenters. The highest BCUT2D eigenvalue weighted by atomic mass is 35.5. The lowest BCUT2D eigenvalue weighted by molar-refractivity contribution is 0.605. The number of aryl methyl sites for hydroxylation is 1. The number of rotatable bonds is 5. The molecule has 0 amide bonds. The minimum Gasteiger partial charge on any atom is -0.455 e. The van der Waals surface area contributed by atoms with Gasteiger partial charge in [-0.15, -0.1) is 0 Å². The number of hydrogen-bond donors (Lipinski definition) is 2. The Hall–Kier alpha value is -3.64. The molecule has 4 rings (SSSR count). The fraction of sp³-hybridized carbons (Fsp3) is 0.192. The van der Waals surface area contributed by atoms with Crippen molar-refractivity contribution < 1.29 is 4.42 Å². The summed E-state index contributed by atoms with van der Waals surface area (Å²) in [5.74, 6) is 0.509. The third-order valence-electron chi connectivity index (χ3n) is 5.61. The Morgan fingerprint density at radius 2 is 2.00 bits per heavy atom. The second-order valence-corrected chi connectivity index (χ2v) is 8.41. The first-order valence-electron chi connectivity index (χ1n) is 10.6. The number of pyridine rings is 1. The molecule has 0 saturated heterocycles. The van der Waals surface area contributed by atoms with Gasteiger partial charge in [-0.05, 0) is 62.7 Å². The number of aromatic nitrogens is 1. The third kappa shape index (κ3) is 4.34. The van der Waals surface area contributed by atoms with E-state index in [9.17, 15) is 4.79 Å². The molecular weight excluding hydrogens is 436 g/mol. The zero-order valence-electron chi connectivity index (χ0n) is 18.9. The van der Waals surface area contributed by atoms with Gasteiger partial charge < -0.3 is 15.5 Å². The molecule has 0 radical (unpaired) electrons. The summed E-state index contributed by atoms with van der Waals surface area (Å²) in [5.41, 5.74) is 11.7. The molecule has 7 heteroatoms. The molecule has 2 aromatic carbocycles. The summed E-state index contributed by atoms with van der Waals surface area (Å²) >= 11 is 6.24. The number of hydrogen-bond acceptors (Lipinski definition) is 6. The average molecular weight is 461 g/mol. The summed E-state index contributed by atoms with van der Waals surface area (Å²) in [5, 5.41) is 4.31. The zero-order chi connectivity index (χ0) is 23.7. The van der Waals surface area contributed by atoms with Crippen molar-refractivity contribution in [2.75, 3.05) is 18.1 Å². The van der Waals surface area contributed by atoms with Crippen LogP contribution in [0.3, 0.4) is 0 Å². The number of halogens is 1. The van der Waals surface area contributed by atoms with Gasteiger partial charge in [0, 0.05) is 47.4 Å². The van der Waals surface area contributed by atoms with Crippen molar-refractivity contribution in [2.45, 2.75) is 26.8 Å². The van der Waals surface area contributed by atoms with Crippen LogP contribution < -0.4 is 16.5 Å². The molecule has 4 aromatic rings. The van der Waals surface area contributed by atoms with Crippen molar-refractivity contribution in [2.24, 2.45) is 4.99 Å². The predicted octanol–water partition coefficient (Wildman–Crippen LogP) is 5.93. The summed E-state index contributed by atoms with van der Waals surface area (Å²) in [6.07, 6.45) is 3.32. The summed E-state index contributed by atoms with van der Waals surface area (Å²) in [6, 6.07) is 12.9. The lowest BCUT2D eigenvalue weighted by Gasteiger charge is -2.19. The van der Waals surface area contributed by atoms with E-state index in [1.807, 2.05) is 50.2 Å². The Labute approximate surface area is 197 Å². The number of benzene rings is 2. The second-order valence-electron chi connectivity index (χ2n) is 8.05. The van der Waals surface area contributed by atoms with Crippen LogP contribution in [0.4, 0.5) is 11.4 Å². The van der Waals surface area contributed by atoms with E-state index in [0.29, 0.717) is 38.8 Å². The summed E-state index contributed by atoms with van der Waals surface area (Å²) in [6.45, 7) is 5.74. The van der Waals surface area contributed by atoms with Crippen molar-refractivity contribution in [1.82, 2.24) is 4.98 Å². The van der Waals surface area contributed by atoms with Crippen LogP contribution >= 0.6 is 11.6 Å². The van der Waals surface area contributed by atoms with E-state index in [1.54, 1.807) is 32.4 Å². The molecule has 33 heavy (non-hydrogen) atoms. The highest BCUT2D eigenvalue weighted by molar-refractivity contribution is 6.31. The van der Waals surface area contributed by atoms with Crippen molar-refractivity contribution in [3.05, 3.63) is 86.3 Å². The molecule has 168 valence electrons. The van der Waals surface area contributed by atoms with Gasteiger partial charge in [-0.3, -0.25) is 9.79 Å².